The molecule has 0 aliphatic rings. The summed E-state index contributed by atoms with van der Waals surface area (Å²) < 4.78 is 0. The first-order valence-corrected chi connectivity index (χ1v) is 14.1. The van der Waals surface area contributed by atoms with E-state index >= 15 is 0 Å². The highest BCUT2D eigenvalue weighted by molar-refractivity contribution is 6.14. The number of nitrogens with zero attached hydrogens (tertiary/aromatic N) is 2. The molecule has 4 rings (SSSR count). The van der Waals surface area contributed by atoms with Gasteiger partial charge in [0.1, 0.15) is 23.6 Å². The molecule has 8 nitrogen and oxygen atoms in total. The second-order valence-electron chi connectivity index (χ2n) is 10.7. The second-order valence-corrected chi connectivity index (χ2v) is 10.7. The van der Waals surface area contributed by atoms with E-state index in [0.29, 0.717) is 45.9 Å². The Kier molecular flexibility index (Phi) is 9.25. The molecule has 0 aromatic heterocycles. The van der Waals surface area contributed by atoms with Gasteiger partial charge >= 0.3 is 11.9 Å². The molecule has 0 spiro atoms. The van der Waals surface area contributed by atoms with Crippen molar-refractivity contribution >= 4 is 45.9 Å². The number of hydrogen-bond acceptors (Lipinski definition) is 6. The van der Waals surface area contributed by atoms with E-state index in [0.717, 1.165) is 10.8 Å². The lowest BCUT2D eigenvalue weighted by Gasteiger charge is -2.18. The van der Waals surface area contributed by atoms with Crippen LogP contribution >= 0.6 is 0 Å². The second kappa shape index (κ2) is 12.9. The van der Waals surface area contributed by atoms with Gasteiger partial charge in [-0.15, -0.1) is 0 Å². The third kappa shape index (κ3) is 5.98. The first-order chi connectivity index (χ1) is 20.1. The lowest BCUT2D eigenvalue weighted by Crippen LogP contribution is -2.25. The molecule has 42 heavy (non-hydrogen) atoms. The number of phenols is 2. The lowest BCUT2D eigenvalue weighted by molar-refractivity contribution is -0.140. The van der Waals surface area contributed by atoms with E-state index in [1.54, 1.807) is 12.1 Å². The van der Waals surface area contributed by atoms with Gasteiger partial charge in [-0.25, -0.2) is 9.59 Å². The van der Waals surface area contributed by atoms with Gasteiger partial charge in [0.25, 0.3) is 0 Å². The molecule has 0 aliphatic heterocycles. The molecule has 4 N–H and O–H groups in total. The van der Waals surface area contributed by atoms with Crippen LogP contribution in [0.4, 0.5) is 0 Å². The van der Waals surface area contributed by atoms with Gasteiger partial charge in [-0.2, -0.15) is 0 Å². The van der Waals surface area contributed by atoms with Crippen molar-refractivity contribution in [2.45, 2.75) is 52.6 Å². The van der Waals surface area contributed by atoms with Crippen LogP contribution in [0, 0.1) is 11.8 Å². The van der Waals surface area contributed by atoms with Crippen LogP contribution < -0.4 is 0 Å². The molecule has 0 saturated carbocycles. The van der Waals surface area contributed by atoms with Crippen molar-refractivity contribution in [3.63, 3.8) is 0 Å². The van der Waals surface area contributed by atoms with Crippen LogP contribution in [0.25, 0.3) is 32.7 Å². The van der Waals surface area contributed by atoms with Crippen molar-refractivity contribution < 1.29 is 30.0 Å². The van der Waals surface area contributed by atoms with E-state index in [4.69, 9.17) is 0 Å². The molecule has 0 heterocycles. The average molecular weight is 569 g/mol. The van der Waals surface area contributed by atoms with Crippen LogP contribution in [0.3, 0.4) is 0 Å². The van der Waals surface area contributed by atoms with Gasteiger partial charge in [0.05, 0.1) is 0 Å². The monoisotopic (exact) mass is 568 g/mol. The minimum absolute atomic E-state index is 0.164. The zero-order valence-electron chi connectivity index (χ0n) is 24.2. The van der Waals surface area contributed by atoms with Crippen molar-refractivity contribution in [2.75, 3.05) is 0 Å². The number of aromatic hydroxyl groups is 2. The topological polar surface area (TPSA) is 140 Å². The highest BCUT2D eigenvalue weighted by Gasteiger charge is 2.25. The van der Waals surface area contributed by atoms with Gasteiger partial charge in [0.2, 0.25) is 0 Å². The molecule has 8 heteroatoms. The Balaban J connectivity index is 2.01. The van der Waals surface area contributed by atoms with Crippen LogP contribution in [0.15, 0.2) is 70.6 Å². The van der Waals surface area contributed by atoms with E-state index in [-0.39, 0.29) is 23.3 Å². The lowest BCUT2D eigenvalue weighted by atomic mass is 9.89. The van der Waals surface area contributed by atoms with Gasteiger partial charge in [-0.05, 0) is 45.5 Å². The number of carboxylic acid groups (broad SMARTS) is 2. The molecule has 4 aromatic carbocycles. The third-order valence-electron chi connectivity index (χ3n) is 7.97. The summed E-state index contributed by atoms with van der Waals surface area (Å²) in [4.78, 5) is 32.4. The number of aliphatic imine (C=N–C) groups is 2. The first-order valence-electron chi connectivity index (χ1n) is 14.1. The molecule has 0 fully saturated rings. The molecule has 0 bridgehead atoms. The number of benzene rings is 4. The average Bonchev–Trinajstić information content (AvgIpc) is 2.97. The van der Waals surface area contributed by atoms with E-state index in [2.05, 4.69) is 9.98 Å². The molecule has 0 amide bonds. The fourth-order valence-electron chi connectivity index (χ4n) is 5.10. The Hall–Kier alpha value is -4.72. The molecule has 0 radical (unpaired) electrons. The summed E-state index contributed by atoms with van der Waals surface area (Å²) in [5.41, 5.74) is 1.32. The van der Waals surface area contributed by atoms with E-state index in [1.165, 1.54) is 12.4 Å². The maximum Gasteiger partial charge on any atom is 0.328 e. The van der Waals surface area contributed by atoms with Gasteiger partial charge < -0.3 is 20.4 Å². The Labute approximate surface area is 244 Å². The van der Waals surface area contributed by atoms with Crippen LogP contribution in [0.5, 0.6) is 11.5 Å². The zero-order valence-corrected chi connectivity index (χ0v) is 24.2. The number of fused-ring (bicyclic) bond motifs is 2. The van der Waals surface area contributed by atoms with E-state index in [1.807, 2.05) is 76.2 Å². The van der Waals surface area contributed by atoms with Crippen LogP contribution in [0.1, 0.15) is 51.7 Å². The standard InChI is InChI=1S/C34H36N2O6/c1-5-19(3)29(33(39)40)35-17-23-15-21-11-7-9-13-25(21)27(31(23)37)28-26-14-10-8-12-22(26)16-24(32(28)38)18-36-30(34(41)42)20(4)6-2/h7-20,29-30,37-38H,5-6H2,1-4H3,(H,39,40)(H,41,42)/t19?,20?,29-,30-/m0/s1. The van der Waals surface area contributed by atoms with Gasteiger partial charge in [0.15, 0.2) is 0 Å². The predicted molar refractivity (Wildman–Crippen MR) is 167 cm³/mol. The van der Waals surface area contributed by atoms with Crippen LogP contribution in [-0.4, -0.2) is 56.9 Å². The first kappa shape index (κ1) is 30.2. The van der Waals surface area contributed by atoms with Crippen molar-refractivity contribution in [1.82, 2.24) is 0 Å². The number of phenolic OH excluding ortho intramolecular Hbond substituents is 2. The molecule has 4 atom stereocenters. The molecule has 4 aromatic rings. The fraction of sp³-hybridized carbons (Fsp3) is 0.294. The van der Waals surface area contributed by atoms with E-state index in [9.17, 15) is 30.0 Å². The van der Waals surface area contributed by atoms with Crippen LogP contribution in [-0.2, 0) is 9.59 Å². The summed E-state index contributed by atoms with van der Waals surface area (Å²) in [5.74, 6) is -2.85. The van der Waals surface area contributed by atoms with E-state index < -0.39 is 24.0 Å². The Morgan fingerprint density at radius 2 is 1.05 bits per heavy atom. The number of carboxylic acids is 2. The Morgan fingerprint density at radius 1 is 0.690 bits per heavy atom. The number of hydrogen-bond donors (Lipinski definition) is 4. The maximum absolute atomic E-state index is 11.9. The van der Waals surface area contributed by atoms with Gasteiger partial charge in [0, 0.05) is 34.7 Å². The molecule has 0 saturated heterocycles. The van der Waals surface area contributed by atoms with Crippen molar-refractivity contribution in [3.8, 4) is 22.6 Å². The summed E-state index contributed by atoms with van der Waals surface area (Å²) in [6.45, 7) is 7.42. The number of aliphatic carboxylic acids is 2. The highest BCUT2D eigenvalue weighted by Crippen LogP contribution is 2.47. The largest absolute Gasteiger partial charge is 0.507 e. The fourth-order valence-corrected chi connectivity index (χ4v) is 5.10. The van der Waals surface area contributed by atoms with Gasteiger partial charge in [-0.3, -0.25) is 9.98 Å². The minimum Gasteiger partial charge on any atom is -0.507 e. The summed E-state index contributed by atoms with van der Waals surface area (Å²) in [7, 11) is 0. The van der Waals surface area contributed by atoms with Crippen molar-refractivity contribution in [2.24, 2.45) is 21.8 Å². The normalized spacial score (nSPS) is 14.9. The quantitative estimate of drug-likeness (QED) is 0.145. The van der Waals surface area contributed by atoms with Crippen LogP contribution in [0.2, 0.25) is 0 Å². The summed E-state index contributed by atoms with van der Waals surface area (Å²) in [6.07, 6.45) is 4.00. The highest BCUT2D eigenvalue weighted by atomic mass is 16.4. The Morgan fingerprint density at radius 3 is 1.38 bits per heavy atom. The third-order valence-corrected chi connectivity index (χ3v) is 7.97. The molecule has 0 aliphatic carbocycles. The maximum atomic E-state index is 11.9. The SMILES string of the molecule is CCC(C)[C@H](N=Cc1cc2ccccc2c(-c2c(O)c(C=N[C@H](C(=O)O)C(C)CC)cc3ccccc23)c1O)C(=O)O. The zero-order chi connectivity index (χ0) is 30.6. The smallest absolute Gasteiger partial charge is 0.328 e. The Bertz CT molecular complexity index is 1570. The number of carbonyl (C=O) groups is 2. The summed E-state index contributed by atoms with van der Waals surface area (Å²) in [6, 6.07) is 16.3. The molecular weight excluding hydrogens is 532 g/mol. The summed E-state index contributed by atoms with van der Waals surface area (Å²) >= 11 is 0. The molecule has 2 unspecified atom stereocenters. The molecular formula is C34H36N2O6. The van der Waals surface area contributed by atoms with Crippen molar-refractivity contribution in [1.29, 1.82) is 0 Å². The number of rotatable bonds is 11. The molecule has 218 valence electrons. The van der Waals surface area contributed by atoms with Crippen molar-refractivity contribution in [3.05, 3.63) is 71.8 Å². The predicted octanol–water partition coefficient (Wildman–Crippen LogP) is 6.91. The summed E-state index contributed by atoms with van der Waals surface area (Å²) in [5, 5.41) is 45.7. The van der Waals surface area contributed by atoms with Gasteiger partial charge in [-0.1, -0.05) is 89.1 Å². The minimum atomic E-state index is -1.05.